The fourth-order valence-corrected chi connectivity index (χ4v) is 3.60. The van der Waals surface area contributed by atoms with E-state index in [4.69, 9.17) is 0 Å². The molecule has 128 valence electrons. The normalized spacial score (nSPS) is 18.2. The second-order valence-corrected chi connectivity index (χ2v) is 6.88. The van der Waals surface area contributed by atoms with Crippen LogP contribution in [0.25, 0.3) is 0 Å². The molecule has 2 aromatic rings. The Balaban J connectivity index is 1.95. The van der Waals surface area contributed by atoms with Gasteiger partial charge >= 0.3 is 6.61 Å². The fraction of sp³-hybridized carbons (Fsp3) is 0.333. The highest BCUT2D eigenvalue weighted by Gasteiger charge is 2.57. The van der Waals surface area contributed by atoms with Crippen molar-refractivity contribution >= 4 is 21.6 Å². The van der Waals surface area contributed by atoms with Crippen molar-refractivity contribution in [2.75, 3.05) is 6.54 Å². The molecular weight excluding hydrogens is 380 g/mol. The maximum atomic E-state index is 13.7. The van der Waals surface area contributed by atoms with Gasteiger partial charge < -0.3 is 14.6 Å². The van der Waals surface area contributed by atoms with Gasteiger partial charge in [0.05, 0.1) is 6.54 Å². The highest BCUT2D eigenvalue weighted by Crippen LogP contribution is 2.56. The Bertz CT molecular complexity index is 702. The zero-order chi connectivity index (χ0) is 17.4. The average molecular weight is 398 g/mol. The smallest absolute Gasteiger partial charge is 0.387 e. The third kappa shape index (κ3) is 2.94. The quantitative estimate of drug-likeness (QED) is 0.471. The largest absolute Gasteiger partial charge is 0.627 e. The van der Waals surface area contributed by atoms with Crippen molar-refractivity contribution in [3.63, 3.8) is 0 Å². The molecule has 1 aliphatic carbocycles. The summed E-state index contributed by atoms with van der Waals surface area (Å²) in [6.45, 7) is -0.647. The van der Waals surface area contributed by atoms with Gasteiger partial charge in [0, 0.05) is 35.0 Å². The number of rotatable bonds is 6. The summed E-state index contributed by atoms with van der Waals surface area (Å²) < 4.78 is 29.4. The van der Waals surface area contributed by atoms with Crippen LogP contribution in [0, 0.1) is 5.21 Å². The molecular formula is C18H18BrF2NO2. The van der Waals surface area contributed by atoms with Crippen molar-refractivity contribution < 1.29 is 13.5 Å². The van der Waals surface area contributed by atoms with Crippen molar-refractivity contribution in [2.24, 2.45) is 0 Å². The van der Waals surface area contributed by atoms with Crippen LogP contribution in [0.2, 0.25) is 0 Å². The minimum atomic E-state index is -2.87. The topological polar surface area (TPSA) is 32.3 Å². The van der Waals surface area contributed by atoms with Gasteiger partial charge in [-0.15, -0.1) is 0 Å². The zero-order valence-electron chi connectivity index (χ0n) is 13.2. The number of benzene rings is 2. The van der Waals surface area contributed by atoms with E-state index in [0.717, 1.165) is 22.9 Å². The predicted octanol–water partition coefficient (Wildman–Crippen LogP) is 5.56. The molecule has 3 rings (SSSR count). The van der Waals surface area contributed by atoms with Crippen molar-refractivity contribution in [1.82, 2.24) is 4.65 Å². The number of hydrogen-bond acceptors (Lipinski definition) is 2. The van der Waals surface area contributed by atoms with Gasteiger partial charge in [0.25, 0.3) is 0 Å². The number of hydrogen-bond donors (Lipinski definition) is 0. The molecule has 6 heteroatoms. The molecule has 2 aromatic carbocycles. The molecule has 1 atom stereocenters. The molecule has 0 aromatic heterocycles. The van der Waals surface area contributed by atoms with Gasteiger partial charge in [-0.05, 0) is 31.2 Å². The molecule has 0 spiro atoms. The maximum Gasteiger partial charge on any atom is 0.387 e. The molecule has 0 N–H and O–H groups in total. The van der Waals surface area contributed by atoms with Crippen LogP contribution < -0.4 is 9.38 Å². The third-order valence-electron chi connectivity index (χ3n) is 4.72. The van der Waals surface area contributed by atoms with Crippen LogP contribution in [0.1, 0.15) is 25.3 Å². The highest BCUT2D eigenvalue weighted by molar-refractivity contribution is 9.10. The summed E-state index contributed by atoms with van der Waals surface area (Å²) in [6, 6.07) is 13.9. The molecule has 0 radical (unpaired) electrons. The van der Waals surface area contributed by atoms with E-state index in [9.17, 15) is 14.0 Å². The van der Waals surface area contributed by atoms with E-state index < -0.39 is 16.8 Å². The van der Waals surface area contributed by atoms with Gasteiger partial charge in [-0.3, -0.25) is 0 Å². The lowest BCUT2D eigenvalue weighted by molar-refractivity contribution is -0.0498. The summed E-state index contributed by atoms with van der Waals surface area (Å²) in [5.74, 6) is 0.0601. The maximum absolute atomic E-state index is 13.7. The Kier molecular flexibility index (Phi) is 4.64. The summed E-state index contributed by atoms with van der Waals surface area (Å²) in [4.78, 5) is 0. The standard InChI is InChI=1S/C18H18BrF2NO2/c1-2-22(23,15-7-9-16(10-8-15)24-17(20)21)18(11-12-18)13-3-5-14(19)6-4-13/h3-10,17H,2,11-12H2,1H3. The number of nitrogens with zero attached hydrogens (tertiary/aromatic N) is 1. The lowest BCUT2D eigenvalue weighted by Crippen LogP contribution is -2.52. The van der Waals surface area contributed by atoms with Crippen LogP contribution in [0.15, 0.2) is 53.0 Å². The minimum Gasteiger partial charge on any atom is -0.627 e. The van der Waals surface area contributed by atoms with E-state index >= 15 is 0 Å². The molecule has 0 amide bonds. The Labute approximate surface area is 148 Å². The van der Waals surface area contributed by atoms with E-state index in [0.29, 0.717) is 12.2 Å². The number of halogens is 3. The lowest BCUT2D eigenvalue weighted by atomic mass is 10.0. The van der Waals surface area contributed by atoms with Crippen LogP contribution in [0.5, 0.6) is 5.75 Å². The summed E-state index contributed by atoms with van der Waals surface area (Å²) in [5, 5.41) is 13.7. The van der Waals surface area contributed by atoms with E-state index in [2.05, 4.69) is 20.7 Å². The molecule has 1 unspecified atom stereocenters. The fourth-order valence-electron chi connectivity index (χ4n) is 3.34. The summed E-state index contributed by atoms with van der Waals surface area (Å²) in [6.07, 6.45) is 1.61. The van der Waals surface area contributed by atoms with E-state index in [1.165, 1.54) is 12.1 Å². The summed E-state index contributed by atoms with van der Waals surface area (Å²) in [5.41, 5.74) is 1.07. The second kappa shape index (κ2) is 6.43. The second-order valence-electron chi connectivity index (χ2n) is 5.97. The molecule has 1 aliphatic rings. The number of alkyl halides is 2. The first-order valence-electron chi connectivity index (χ1n) is 7.82. The van der Waals surface area contributed by atoms with Gasteiger partial charge in [-0.2, -0.15) is 8.78 Å². The van der Waals surface area contributed by atoms with Crippen LogP contribution >= 0.6 is 15.9 Å². The third-order valence-corrected chi connectivity index (χ3v) is 5.25. The van der Waals surface area contributed by atoms with Crippen LogP contribution in [0.3, 0.4) is 0 Å². The molecule has 1 saturated carbocycles. The zero-order valence-corrected chi connectivity index (χ0v) is 14.8. The van der Waals surface area contributed by atoms with E-state index in [1.54, 1.807) is 12.1 Å². The van der Waals surface area contributed by atoms with E-state index in [1.807, 2.05) is 31.2 Å². The first-order valence-corrected chi connectivity index (χ1v) is 8.61. The molecule has 0 heterocycles. The molecule has 3 nitrogen and oxygen atoms in total. The highest BCUT2D eigenvalue weighted by atomic mass is 79.9. The molecule has 0 aliphatic heterocycles. The molecule has 0 saturated heterocycles. The molecule has 24 heavy (non-hydrogen) atoms. The molecule has 0 bridgehead atoms. The van der Waals surface area contributed by atoms with Crippen molar-refractivity contribution in [2.45, 2.75) is 31.9 Å². The van der Waals surface area contributed by atoms with Gasteiger partial charge in [0.1, 0.15) is 17.0 Å². The van der Waals surface area contributed by atoms with Crippen molar-refractivity contribution in [3.05, 3.63) is 63.8 Å². The monoisotopic (exact) mass is 397 g/mol. The van der Waals surface area contributed by atoms with Crippen LogP contribution in [0.4, 0.5) is 14.5 Å². The summed E-state index contributed by atoms with van der Waals surface area (Å²) >= 11 is 3.41. The Morgan fingerprint density at radius 2 is 1.71 bits per heavy atom. The van der Waals surface area contributed by atoms with Crippen molar-refractivity contribution in [1.29, 1.82) is 0 Å². The summed E-state index contributed by atoms with van der Waals surface area (Å²) in [7, 11) is 0. The average Bonchev–Trinajstić information content (AvgIpc) is 3.37. The Morgan fingerprint density at radius 1 is 1.12 bits per heavy atom. The van der Waals surface area contributed by atoms with Gasteiger partial charge in [0.2, 0.25) is 0 Å². The van der Waals surface area contributed by atoms with Crippen LogP contribution in [-0.2, 0) is 5.54 Å². The first kappa shape index (κ1) is 17.3. The number of hydroxylamine groups is 2. The molecule has 1 fully saturated rings. The van der Waals surface area contributed by atoms with Gasteiger partial charge in [0.15, 0.2) is 0 Å². The SMILES string of the molecule is CC[N+]([O-])(c1ccc(OC(F)F)cc1)C1(c2ccc(Br)cc2)CC1. The van der Waals surface area contributed by atoms with Gasteiger partial charge in [-0.1, -0.05) is 28.1 Å². The first-order chi connectivity index (χ1) is 11.4. The number of quaternary nitrogens is 1. The van der Waals surface area contributed by atoms with E-state index in [-0.39, 0.29) is 5.75 Å². The number of ether oxygens (including phenoxy) is 1. The van der Waals surface area contributed by atoms with Crippen LogP contribution in [-0.4, -0.2) is 13.2 Å². The van der Waals surface area contributed by atoms with Gasteiger partial charge in [-0.25, -0.2) is 0 Å². The lowest BCUT2D eigenvalue weighted by Gasteiger charge is -2.49. The Hall–Kier alpha value is -1.50. The predicted molar refractivity (Wildman–Crippen MR) is 93.8 cm³/mol. The van der Waals surface area contributed by atoms with Crippen molar-refractivity contribution in [3.8, 4) is 5.75 Å². The Morgan fingerprint density at radius 3 is 2.17 bits per heavy atom. The minimum absolute atomic E-state index is 0.0601.